The zero-order chi connectivity index (χ0) is 10.8. The van der Waals surface area contributed by atoms with Gasteiger partial charge in [-0.15, -0.1) is 0 Å². The molecule has 0 fully saturated rings. The van der Waals surface area contributed by atoms with Crippen LogP contribution in [0.15, 0.2) is 47.4 Å². The van der Waals surface area contributed by atoms with Crippen LogP contribution in [0, 0.1) is 13.8 Å². The Kier molecular flexibility index (Phi) is 6.09. The van der Waals surface area contributed by atoms with Gasteiger partial charge in [-0.3, -0.25) is 0 Å². The minimum absolute atomic E-state index is 0. The maximum absolute atomic E-state index is 5.08. The van der Waals surface area contributed by atoms with Crippen molar-refractivity contribution in [3.8, 4) is 11.1 Å². The molecular weight excluding hydrogens is 333 g/mol. The van der Waals surface area contributed by atoms with E-state index in [4.69, 9.17) is 12.6 Å². The zero-order valence-corrected chi connectivity index (χ0v) is 17.0. The third kappa shape index (κ3) is 3.60. The first-order valence-electron chi connectivity index (χ1n) is 5.01. The Balaban J connectivity index is 0.00000128. The SMILES string of the molecule is Cc1ccc(C)c(-c2ccc([S-])cc2)c1.[Cs+]. The van der Waals surface area contributed by atoms with Crippen LogP contribution in [-0.4, -0.2) is 0 Å². The minimum atomic E-state index is 0. The van der Waals surface area contributed by atoms with Crippen molar-refractivity contribution in [2.75, 3.05) is 0 Å². The van der Waals surface area contributed by atoms with E-state index in [1.807, 2.05) is 12.1 Å². The normalized spacial score (nSPS) is 9.62. The van der Waals surface area contributed by atoms with E-state index in [1.54, 1.807) is 0 Å². The van der Waals surface area contributed by atoms with Crippen LogP contribution in [0.25, 0.3) is 11.1 Å². The second-order valence-electron chi connectivity index (χ2n) is 3.84. The fourth-order valence-electron chi connectivity index (χ4n) is 1.68. The molecule has 0 aliphatic carbocycles. The van der Waals surface area contributed by atoms with E-state index >= 15 is 0 Å². The molecule has 2 aromatic carbocycles. The molecule has 76 valence electrons. The second kappa shape index (κ2) is 6.59. The van der Waals surface area contributed by atoms with Gasteiger partial charge in [0.2, 0.25) is 0 Å². The molecule has 2 aromatic rings. The summed E-state index contributed by atoms with van der Waals surface area (Å²) in [6.45, 7) is 4.25. The Bertz CT molecular complexity index is 475. The van der Waals surface area contributed by atoms with Crippen molar-refractivity contribution in [1.29, 1.82) is 0 Å². The van der Waals surface area contributed by atoms with Crippen LogP contribution < -0.4 is 68.9 Å². The molecule has 2 heteroatoms. The first-order valence-corrected chi connectivity index (χ1v) is 5.42. The van der Waals surface area contributed by atoms with E-state index in [0.29, 0.717) is 0 Å². The first kappa shape index (κ1) is 14.8. The third-order valence-corrected chi connectivity index (χ3v) is 2.83. The number of hydrogen-bond donors (Lipinski definition) is 0. The molecule has 0 aliphatic rings. The molecule has 0 bridgehead atoms. The van der Waals surface area contributed by atoms with Crippen molar-refractivity contribution in [1.82, 2.24) is 0 Å². The van der Waals surface area contributed by atoms with Crippen LogP contribution in [0.3, 0.4) is 0 Å². The van der Waals surface area contributed by atoms with Gasteiger partial charge in [0.1, 0.15) is 0 Å². The van der Waals surface area contributed by atoms with Crippen molar-refractivity contribution in [3.05, 3.63) is 53.6 Å². The van der Waals surface area contributed by atoms with E-state index in [-0.39, 0.29) is 68.9 Å². The summed E-state index contributed by atoms with van der Waals surface area (Å²) >= 11 is 5.08. The van der Waals surface area contributed by atoms with Gasteiger partial charge in [-0.25, -0.2) is 0 Å². The van der Waals surface area contributed by atoms with Gasteiger partial charge < -0.3 is 12.6 Å². The van der Waals surface area contributed by atoms with Crippen molar-refractivity contribution in [3.63, 3.8) is 0 Å². The fourth-order valence-corrected chi connectivity index (χ4v) is 1.82. The topological polar surface area (TPSA) is 0 Å². The molecule has 0 atom stereocenters. The summed E-state index contributed by atoms with van der Waals surface area (Å²) in [5, 5.41) is 0. The molecular formula is C14H13CsS. The monoisotopic (exact) mass is 346 g/mol. The molecule has 0 aliphatic heterocycles. The van der Waals surface area contributed by atoms with Gasteiger partial charge in [0.05, 0.1) is 0 Å². The molecule has 0 unspecified atom stereocenters. The molecule has 0 saturated carbocycles. The van der Waals surface area contributed by atoms with Crippen molar-refractivity contribution in [2.45, 2.75) is 18.7 Å². The van der Waals surface area contributed by atoms with Crippen LogP contribution in [0.2, 0.25) is 0 Å². The molecule has 16 heavy (non-hydrogen) atoms. The standard InChI is InChI=1S/C14H14S.Cs/c1-10-3-4-11(2)14(9-10)12-5-7-13(15)8-6-12;/h3-9,15H,1-2H3;/q;+1/p-1. The summed E-state index contributed by atoms with van der Waals surface area (Å²) in [4.78, 5) is 0.893. The van der Waals surface area contributed by atoms with E-state index < -0.39 is 0 Å². The van der Waals surface area contributed by atoms with Gasteiger partial charge >= 0.3 is 68.9 Å². The summed E-state index contributed by atoms with van der Waals surface area (Å²) in [6.07, 6.45) is 0. The summed E-state index contributed by atoms with van der Waals surface area (Å²) < 4.78 is 0. The average Bonchev–Trinajstić information content (AvgIpc) is 2.23. The Morgan fingerprint density at radius 1 is 0.875 bits per heavy atom. The van der Waals surface area contributed by atoms with Gasteiger partial charge in [0.15, 0.2) is 0 Å². The van der Waals surface area contributed by atoms with E-state index in [1.165, 1.54) is 22.3 Å². The van der Waals surface area contributed by atoms with Gasteiger partial charge in [0.25, 0.3) is 0 Å². The fraction of sp³-hybridized carbons (Fsp3) is 0.143. The maximum atomic E-state index is 5.08. The molecule has 0 nitrogen and oxygen atoms in total. The van der Waals surface area contributed by atoms with Crippen LogP contribution >= 0.6 is 0 Å². The molecule has 0 spiro atoms. The smallest absolute Gasteiger partial charge is 0.780 e. The molecule has 0 radical (unpaired) electrons. The Labute approximate surface area is 162 Å². The predicted octanol–water partition coefficient (Wildman–Crippen LogP) is 0.880. The molecule has 0 aromatic heterocycles. The third-order valence-electron chi connectivity index (χ3n) is 2.56. The summed E-state index contributed by atoms with van der Waals surface area (Å²) in [6, 6.07) is 14.6. The summed E-state index contributed by atoms with van der Waals surface area (Å²) in [5.41, 5.74) is 5.13. The van der Waals surface area contributed by atoms with Gasteiger partial charge in [-0.05, 0) is 30.5 Å². The Morgan fingerprint density at radius 2 is 1.50 bits per heavy atom. The van der Waals surface area contributed by atoms with Gasteiger partial charge in [-0.1, -0.05) is 48.0 Å². The van der Waals surface area contributed by atoms with Crippen molar-refractivity contribution >= 4 is 12.6 Å². The van der Waals surface area contributed by atoms with E-state index in [0.717, 1.165) is 4.90 Å². The molecule has 0 amide bonds. The van der Waals surface area contributed by atoms with E-state index in [9.17, 15) is 0 Å². The zero-order valence-electron chi connectivity index (χ0n) is 9.95. The molecule has 0 saturated heterocycles. The summed E-state index contributed by atoms with van der Waals surface area (Å²) in [5.74, 6) is 0. The largest absolute Gasteiger partial charge is 1.00 e. The number of aryl methyl sites for hydroxylation is 2. The molecule has 0 N–H and O–H groups in total. The maximum Gasteiger partial charge on any atom is 1.00 e. The molecule has 0 heterocycles. The van der Waals surface area contributed by atoms with E-state index in [2.05, 4.69) is 44.2 Å². The van der Waals surface area contributed by atoms with Gasteiger partial charge in [0, 0.05) is 0 Å². The van der Waals surface area contributed by atoms with Crippen LogP contribution in [0.1, 0.15) is 11.1 Å². The number of benzene rings is 2. The minimum Gasteiger partial charge on any atom is -0.780 e. The first-order chi connectivity index (χ1) is 7.16. The molecule has 2 rings (SSSR count). The summed E-state index contributed by atoms with van der Waals surface area (Å²) in [7, 11) is 0. The quantitative estimate of drug-likeness (QED) is 0.691. The van der Waals surface area contributed by atoms with Crippen LogP contribution in [0.5, 0.6) is 0 Å². The van der Waals surface area contributed by atoms with Crippen LogP contribution in [0.4, 0.5) is 0 Å². The number of rotatable bonds is 1. The Hall–Kier alpha value is 0.712. The second-order valence-corrected chi connectivity index (χ2v) is 4.31. The average molecular weight is 346 g/mol. The number of hydrogen-bond acceptors (Lipinski definition) is 1. The van der Waals surface area contributed by atoms with Gasteiger partial charge in [-0.2, -0.15) is 4.90 Å². The van der Waals surface area contributed by atoms with Crippen molar-refractivity contribution < 1.29 is 68.9 Å². The predicted molar refractivity (Wildman–Crippen MR) is 67.0 cm³/mol. The van der Waals surface area contributed by atoms with Crippen LogP contribution in [-0.2, 0) is 12.6 Å². The Morgan fingerprint density at radius 3 is 2.12 bits per heavy atom. The van der Waals surface area contributed by atoms with Crippen molar-refractivity contribution in [2.24, 2.45) is 0 Å².